The quantitative estimate of drug-likeness (QED) is 0.705. The zero-order valence-corrected chi connectivity index (χ0v) is 18.3. The van der Waals surface area contributed by atoms with Crippen LogP contribution in [0.15, 0.2) is 12.1 Å². The van der Waals surface area contributed by atoms with Crippen LogP contribution in [0.1, 0.15) is 35.2 Å². The molecule has 6 heteroatoms. The van der Waals surface area contributed by atoms with Gasteiger partial charge in [-0.15, -0.1) is 0 Å². The Labute approximate surface area is 176 Å². The molecule has 3 aliphatic heterocycles. The van der Waals surface area contributed by atoms with Crippen LogP contribution in [0.4, 0.5) is 11.4 Å². The van der Waals surface area contributed by atoms with Gasteiger partial charge in [0.05, 0.1) is 11.4 Å². The Balaban J connectivity index is 1.71. The van der Waals surface area contributed by atoms with Crippen molar-refractivity contribution in [1.82, 2.24) is 14.7 Å². The van der Waals surface area contributed by atoms with Gasteiger partial charge in [0.1, 0.15) is 0 Å². The molecule has 0 unspecified atom stereocenters. The molecule has 0 radical (unpaired) electrons. The molecule has 160 valence electrons. The van der Waals surface area contributed by atoms with E-state index in [0.717, 1.165) is 70.8 Å². The lowest BCUT2D eigenvalue weighted by Gasteiger charge is -2.41. The molecule has 0 amide bonds. The van der Waals surface area contributed by atoms with Gasteiger partial charge in [-0.2, -0.15) is 0 Å². The van der Waals surface area contributed by atoms with Crippen LogP contribution >= 0.6 is 0 Å². The highest BCUT2D eigenvalue weighted by Gasteiger charge is 2.27. The lowest BCUT2D eigenvalue weighted by Crippen LogP contribution is -2.48. The molecule has 0 spiro atoms. The van der Waals surface area contributed by atoms with E-state index in [2.05, 4.69) is 50.7 Å². The van der Waals surface area contributed by atoms with E-state index in [4.69, 9.17) is 0 Å². The molecule has 3 saturated heterocycles. The van der Waals surface area contributed by atoms with E-state index in [-0.39, 0.29) is 0 Å². The minimum Gasteiger partial charge on any atom is -0.367 e. The number of carbonyl (C=O) groups is 1. The Morgan fingerprint density at radius 2 is 1.28 bits per heavy atom. The lowest BCUT2D eigenvalue weighted by atomic mass is 10.0. The highest BCUT2D eigenvalue weighted by molar-refractivity contribution is 5.92. The lowest BCUT2D eigenvalue weighted by molar-refractivity contribution is 0.112. The number of piperazine rings is 2. The normalized spacial score (nSPS) is 22.8. The molecule has 0 N–H and O–H groups in total. The van der Waals surface area contributed by atoms with Crippen LogP contribution in [0, 0.1) is 0 Å². The molecule has 0 atom stereocenters. The molecule has 0 aliphatic carbocycles. The number of anilines is 2. The van der Waals surface area contributed by atoms with E-state index in [9.17, 15) is 4.79 Å². The van der Waals surface area contributed by atoms with Gasteiger partial charge in [-0.05, 0) is 51.7 Å². The number of hydrogen-bond acceptors (Lipinski definition) is 6. The maximum atomic E-state index is 12.0. The van der Waals surface area contributed by atoms with Gasteiger partial charge in [-0.3, -0.25) is 9.69 Å². The zero-order valence-electron chi connectivity index (χ0n) is 18.3. The van der Waals surface area contributed by atoms with E-state index in [1.165, 1.54) is 49.3 Å². The Kier molecular flexibility index (Phi) is 6.73. The molecule has 29 heavy (non-hydrogen) atoms. The summed E-state index contributed by atoms with van der Waals surface area (Å²) in [6.07, 6.45) is 5.04. The third kappa shape index (κ3) is 4.76. The number of carbonyl (C=O) groups excluding carboxylic acids is 1. The van der Waals surface area contributed by atoms with E-state index in [0.29, 0.717) is 0 Å². The van der Waals surface area contributed by atoms with Crippen molar-refractivity contribution in [1.29, 1.82) is 0 Å². The zero-order chi connectivity index (χ0) is 20.2. The van der Waals surface area contributed by atoms with Crippen molar-refractivity contribution in [2.75, 3.05) is 89.3 Å². The third-order valence-corrected chi connectivity index (χ3v) is 6.87. The minimum atomic E-state index is 0.853. The van der Waals surface area contributed by atoms with Crippen molar-refractivity contribution in [2.24, 2.45) is 0 Å². The van der Waals surface area contributed by atoms with Gasteiger partial charge >= 0.3 is 0 Å². The number of rotatable bonds is 5. The van der Waals surface area contributed by atoms with Crippen LogP contribution < -0.4 is 9.80 Å². The predicted octanol–water partition coefficient (Wildman–Crippen LogP) is 1.99. The second kappa shape index (κ2) is 9.45. The molecule has 3 fully saturated rings. The summed E-state index contributed by atoms with van der Waals surface area (Å²) < 4.78 is 0. The van der Waals surface area contributed by atoms with Gasteiger partial charge in [0, 0.05) is 64.5 Å². The molecule has 4 rings (SSSR count). The smallest absolute Gasteiger partial charge is 0.152 e. The average Bonchev–Trinajstić information content (AvgIpc) is 2.75. The average molecular weight is 400 g/mol. The number of benzene rings is 1. The molecule has 6 nitrogen and oxygen atoms in total. The van der Waals surface area contributed by atoms with Crippen LogP contribution in [0.5, 0.6) is 0 Å². The molecular formula is C23H37N5O. The first-order chi connectivity index (χ1) is 14.2. The van der Waals surface area contributed by atoms with E-state index in [1.807, 2.05) is 0 Å². The highest BCUT2D eigenvalue weighted by Crippen LogP contribution is 2.38. The second-order valence-corrected chi connectivity index (χ2v) is 9.05. The second-order valence-electron chi connectivity index (χ2n) is 9.05. The first-order valence-electron chi connectivity index (χ1n) is 11.4. The molecule has 1 aromatic carbocycles. The SMILES string of the molecule is CN1CCN(c2c(C=O)ccc(CN3CCCCC3)c2N2CCN(C)CC2)CC1. The number of nitrogens with zero attached hydrogens (tertiary/aromatic N) is 5. The minimum absolute atomic E-state index is 0.853. The molecule has 3 heterocycles. The predicted molar refractivity (Wildman–Crippen MR) is 120 cm³/mol. The number of aldehydes is 1. The first kappa shape index (κ1) is 20.6. The molecule has 0 bridgehead atoms. The van der Waals surface area contributed by atoms with Crippen molar-refractivity contribution in [2.45, 2.75) is 25.8 Å². The standard InChI is InChI=1S/C23H37N5O/c1-24-10-14-27(15-11-24)22-20(18-26-8-4-3-5-9-26)6-7-21(19-29)23(22)28-16-12-25(2)13-17-28/h6-7,19H,3-5,8-18H2,1-2H3. The summed E-state index contributed by atoms with van der Waals surface area (Å²) in [5.41, 5.74) is 4.77. The number of piperidine rings is 1. The van der Waals surface area contributed by atoms with Crippen LogP contribution in [-0.2, 0) is 6.54 Å². The van der Waals surface area contributed by atoms with Gasteiger partial charge < -0.3 is 19.6 Å². The molecule has 3 aliphatic rings. The summed E-state index contributed by atoms with van der Waals surface area (Å²) in [6.45, 7) is 11.7. The van der Waals surface area contributed by atoms with Crippen LogP contribution in [0.3, 0.4) is 0 Å². The first-order valence-corrected chi connectivity index (χ1v) is 11.4. The Hall–Kier alpha value is -1.63. The number of likely N-dealkylation sites (N-methyl/N-ethyl adjacent to an activating group) is 2. The van der Waals surface area contributed by atoms with Crippen LogP contribution in [-0.4, -0.2) is 101 Å². The number of likely N-dealkylation sites (tertiary alicyclic amines) is 1. The molecule has 0 saturated carbocycles. The van der Waals surface area contributed by atoms with Gasteiger partial charge in [0.25, 0.3) is 0 Å². The fourth-order valence-electron chi connectivity index (χ4n) is 4.96. The van der Waals surface area contributed by atoms with Crippen LogP contribution in [0.2, 0.25) is 0 Å². The maximum Gasteiger partial charge on any atom is 0.152 e. The fraction of sp³-hybridized carbons (Fsp3) is 0.696. The van der Waals surface area contributed by atoms with E-state index < -0.39 is 0 Å². The van der Waals surface area contributed by atoms with Crippen molar-refractivity contribution >= 4 is 17.7 Å². The van der Waals surface area contributed by atoms with Crippen molar-refractivity contribution < 1.29 is 4.79 Å². The highest BCUT2D eigenvalue weighted by atomic mass is 16.1. The monoisotopic (exact) mass is 399 g/mol. The molecule has 1 aromatic rings. The fourth-order valence-corrected chi connectivity index (χ4v) is 4.96. The largest absolute Gasteiger partial charge is 0.367 e. The Morgan fingerprint density at radius 3 is 1.83 bits per heavy atom. The van der Waals surface area contributed by atoms with Gasteiger partial charge in [-0.1, -0.05) is 12.5 Å². The van der Waals surface area contributed by atoms with Crippen LogP contribution in [0.25, 0.3) is 0 Å². The molecule has 0 aromatic heterocycles. The van der Waals surface area contributed by atoms with Crippen molar-refractivity contribution in [3.8, 4) is 0 Å². The topological polar surface area (TPSA) is 33.3 Å². The van der Waals surface area contributed by atoms with E-state index >= 15 is 0 Å². The van der Waals surface area contributed by atoms with Gasteiger partial charge in [-0.25, -0.2) is 0 Å². The van der Waals surface area contributed by atoms with Crippen molar-refractivity contribution in [3.05, 3.63) is 23.3 Å². The Morgan fingerprint density at radius 1 is 0.724 bits per heavy atom. The Bertz CT molecular complexity index is 687. The summed E-state index contributed by atoms with van der Waals surface area (Å²) in [4.78, 5) is 24.5. The summed E-state index contributed by atoms with van der Waals surface area (Å²) >= 11 is 0. The summed E-state index contributed by atoms with van der Waals surface area (Å²) in [5.74, 6) is 0. The maximum absolute atomic E-state index is 12.0. The number of hydrogen-bond donors (Lipinski definition) is 0. The third-order valence-electron chi connectivity index (χ3n) is 6.87. The van der Waals surface area contributed by atoms with Gasteiger partial charge in [0.2, 0.25) is 0 Å². The van der Waals surface area contributed by atoms with E-state index in [1.54, 1.807) is 0 Å². The van der Waals surface area contributed by atoms with Crippen molar-refractivity contribution in [3.63, 3.8) is 0 Å². The summed E-state index contributed by atoms with van der Waals surface area (Å²) in [5, 5.41) is 0. The molecular weight excluding hydrogens is 362 g/mol. The summed E-state index contributed by atoms with van der Waals surface area (Å²) in [7, 11) is 4.39. The summed E-state index contributed by atoms with van der Waals surface area (Å²) in [6, 6.07) is 4.30. The van der Waals surface area contributed by atoms with Gasteiger partial charge in [0.15, 0.2) is 6.29 Å².